The van der Waals surface area contributed by atoms with Gasteiger partial charge in [-0.3, -0.25) is 0 Å². The summed E-state index contributed by atoms with van der Waals surface area (Å²) >= 11 is 0. The van der Waals surface area contributed by atoms with E-state index in [-0.39, 0.29) is 0 Å². The van der Waals surface area contributed by atoms with Crippen LogP contribution in [0.25, 0.3) is 0 Å². The summed E-state index contributed by atoms with van der Waals surface area (Å²) in [6.45, 7) is 14.7. The van der Waals surface area contributed by atoms with E-state index in [1.54, 1.807) is 0 Å². The minimum Gasteiger partial charge on any atom is -0.111 e. The maximum atomic E-state index is 2.45. The van der Waals surface area contributed by atoms with Crippen molar-refractivity contribution in [2.45, 2.75) is 77.8 Å². The largest absolute Gasteiger partial charge is 0.111 e. The van der Waals surface area contributed by atoms with Crippen molar-refractivity contribution in [3.63, 3.8) is 0 Å². The molecule has 0 aliphatic heterocycles. The zero-order valence-electron chi connectivity index (χ0n) is 11.7. The summed E-state index contributed by atoms with van der Waals surface area (Å²) in [5.74, 6) is 0. The molecule has 0 bridgehead atoms. The molecule has 3 heteroatoms. The van der Waals surface area contributed by atoms with Crippen LogP contribution in [0.1, 0.15) is 41.5 Å². The van der Waals surface area contributed by atoms with Gasteiger partial charge in [0.15, 0.2) is 0 Å². The van der Waals surface area contributed by atoms with E-state index in [0.717, 1.165) is 0 Å². The van der Waals surface area contributed by atoms with Crippen molar-refractivity contribution in [3.05, 3.63) is 0 Å². The first-order valence-corrected chi connectivity index (χ1v) is 14.6. The molecule has 0 saturated heterocycles. The number of hydrogen-bond donors (Lipinski definition) is 0. The fraction of sp³-hybridized carbons (Fsp3) is 1.00. The van der Waals surface area contributed by atoms with Crippen LogP contribution in [0.15, 0.2) is 0 Å². The Balaban J connectivity index is 4.74. The molecule has 0 amide bonds. The smallest absolute Gasteiger partial charge is 0.0802 e. The summed E-state index contributed by atoms with van der Waals surface area (Å²) in [5.41, 5.74) is 0. The van der Waals surface area contributed by atoms with Crippen molar-refractivity contribution in [3.8, 4) is 0 Å². The van der Waals surface area contributed by atoms with Gasteiger partial charge in [0.25, 0.3) is 0 Å². The molecule has 0 N–H and O–H groups in total. The van der Waals surface area contributed by atoms with Crippen molar-refractivity contribution in [2.24, 2.45) is 0 Å². The summed E-state index contributed by atoms with van der Waals surface area (Å²) in [4.78, 5) is 0. The van der Waals surface area contributed by atoms with E-state index in [2.05, 4.69) is 41.5 Å². The van der Waals surface area contributed by atoms with Gasteiger partial charge in [-0.05, 0) is 0 Å². The second-order valence-corrected chi connectivity index (χ2v) is 22.4. The fourth-order valence-corrected chi connectivity index (χ4v) is 30.9. The predicted molar refractivity (Wildman–Crippen MR) is 81.3 cm³/mol. The van der Waals surface area contributed by atoms with E-state index in [9.17, 15) is 0 Å². The molecule has 0 heterocycles. The molecule has 0 aromatic rings. The molecule has 15 heavy (non-hydrogen) atoms. The Kier molecular flexibility index (Phi) is 7.66. The molecule has 0 unspecified atom stereocenters. The molecule has 0 aromatic carbocycles. The maximum Gasteiger partial charge on any atom is 0.0802 e. The Morgan fingerprint density at radius 2 is 0.733 bits per heavy atom. The summed E-state index contributed by atoms with van der Waals surface area (Å²) in [7, 11) is 0.234. The van der Waals surface area contributed by atoms with Crippen molar-refractivity contribution in [1.82, 2.24) is 0 Å². The Morgan fingerprint density at radius 3 is 0.867 bits per heavy atom. The summed E-state index contributed by atoms with van der Waals surface area (Å²) < 4.78 is 0. The monoisotopic (exact) mass is 261 g/mol. The molecule has 0 nitrogen and oxygen atoms in total. The van der Waals surface area contributed by atoms with Gasteiger partial charge >= 0.3 is 0 Å². The predicted octanol–water partition coefficient (Wildman–Crippen LogP) is 5.94. The van der Waals surface area contributed by atoms with Gasteiger partial charge < -0.3 is 0 Å². The van der Waals surface area contributed by atoms with Crippen LogP contribution in [-0.2, 0) is 0 Å². The van der Waals surface area contributed by atoms with Crippen LogP contribution in [0.3, 0.4) is 0 Å². The first-order chi connectivity index (χ1) is 7.07. The highest BCUT2D eigenvalue weighted by atomic mass is 31.6. The molecular formula is C12H30PSi2. The van der Waals surface area contributed by atoms with Gasteiger partial charge in [0.2, 0.25) is 0 Å². The third-order valence-corrected chi connectivity index (χ3v) is 30.3. The molecule has 91 valence electrons. The molecule has 0 spiro atoms. The van der Waals surface area contributed by atoms with Gasteiger partial charge in [-0.1, -0.05) is 77.8 Å². The standard InChI is InChI=1S/C12H30PSi2/c1-7-14(8-2,9-3)13-15(10-4,11-5)12-6/h7-12H2,1-6H3. The van der Waals surface area contributed by atoms with E-state index in [1.807, 2.05) is 7.68 Å². The van der Waals surface area contributed by atoms with Crippen LogP contribution in [0.4, 0.5) is 0 Å². The lowest BCUT2D eigenvalue weighted by Crippen LogP contribution is -2.37. The highest BCUT2D eigenvalue weighted by molar-refractivity contribution is 8.07. The summed E-state index contributed by atoms with van der Waals surface area (Å²) in [6.07, 6.45) is 0. The maximum absolute atomic E-state index is 2.45. The van der Waals surface area contributed by atoms with Gasteiger partial charge in [-0.2, -0.15) is 0 Å². The van der Waals surface area contributed by atoms with Crippen molar-refractivity contribution >= 4 is 23.2 Å². The van der Waals surface area contributed by atoms with Crippen molar-refractivity contribution in [2.75, 3.05) is 0 Å². The first kappa shape index (κ1) is 15.9. The van der Waals surface area contributed by atoms with Gasteiger partial charge in [0.1, 0.15) is 0 Å². The van der Waals surface area contributed by atoms with Crippen LogP contribution < -0.4 is 0 Å². The Hall–Kier alpha value is 0.864. The second-order valence-electron chi connectivity index (χ2n) is 4.68. The zero-order chi connectivity index (χ0) is 11.9. The molecule has 0 aliphatic carbocycles. The minimum absolute atomic E-state index is 0.882. The first-order valence-electron chi connectivity index (χ1n) is 6.81. The lowest BCUT2D eigenvalue weighted by molar-refractivity contribution is 1.21. The van der Waals surface area contributed by atoms with Crippen LogP contribution in [0, 0.1) is 0 Å². The van der Waals surface area contributed by atoms with E-state index >= 15 is 0 Å². The minimum atomic E-state index is -0.882. The molecule has 0 aromatic heterocycles. The van der Waals surface area contributed by atoms with Gasteiger partial charge in [0.05, 0.1) is 15.5 Å². The molecular weight excluding hydrogens is 231 g/mol. The number of rotatable bonds is 8. The highest BCUT2D eigenvalue weighted by Gasteiger charge is 2.38. The molecule has 0 saturated carbocycles. The molecule has 0 rings (SSSR count). The topological polar surface area (TPSA) is 0 Å². The van der Waals surface area contributed by atoms with E-state index in [0.29, 0.717) is 0 Å². The molecule has 0 aliphatic rings. The van der Waals surface area contributed by atoms with Gasteiger partial charge in [0, 0.05) is 0 Å². The van der Waals surface area contributed by atoms with Gasteiger partial charge in [-0.25, -0.2) is 0 Å². The SMILES string of the molecule is CC[Si](CC)(CC)[P][Si](CC)(CC)CC. The van der Waals surface area contributed by atoms with E-state index in [4.69, 9.17) is 0 Å². The normalized spacial score (nSPS) is 13.2. The highest BCUT2D eigenvalue weighted by Crippen LogP contribution is 2.49. The van der Waals surface area contributed by atoms with Crippen molar-refractivity contribution in [1.29, 1.82) is 0 Å². The number of hydrogen-bond acceptors (Lipinski definition) is 0. The molecule has 1 radical (unpaired) electrons. The second kappa shape index (κ2) is 7.24. The van der Waals surface area contributed by atoms with E-state index in [1.165, 1.54) is 36.3 Å². The van der Waals surface area contributed by atoms with Gasteiger partial charge in [-0.15, -0.1) is 7.68 Å². The lowest BCUT2D eigenvalue weighted by Gasteiger charge is -2.38. The summed E-state index contributed by atoms with van der Waals surface area (Å²) in [6, 6.07) is 9.06. The van der Waals surface area contributed by atoms with Crippen LogP contribution in [0.2, 0.25) is 36.3 Å². The van der Waals surface area contributed by atoms with Crippen LogP contribution in [-0.4, -0.2) is 15.5 Å². The van der Waals surface area contributed by atoms with E-state index < -0.39 is 15.5 Å². The Morgan fingerprint density at radius 1 is 0.533 bits per heavy atom. The average Bonchev–Trinajstić information content (AvgIpc) is 2.33. The fourth-order valence-electron chi connectivity index (χ4n) is 2.48. The molecule has 0 atom stereocenters. The lowest BCUT2D eigenvalue weighted by atomic mass is 10.9. The quantitative estimate of drug-likeness (QED) is 0.374. The zero-order valence-corrected chi connectivity index (χ0v) is 14.6. The third-order valence-electron chi connectivity index (χ3n) is 4.42. The van der Waals surface area contributed by atoms with Crippen LogP contribution in [0.5, 0.6) is 0 Å². The Bertz CT molecular complexity index is 128. The molecule has 0 fully saturated rings. The third kappa shape index (κ3) is 3.98. The van der Waals surface area contributed by atoms with Crippen LogP contribution >= 0.6 is 7.68 Å². The summed E-state index contributed by atoms with van der Waals surface area (Å²) in [5, 5.41) is 0. The average molecular weight is 262 g/mol. The van der Waals surface area contributed by atoms with Crippen molar-refractivity contribution < 1.29 is 0 Å². The Labute approximate surface area is 101 Å².